The highest BCUT2D eigenvalue weighted by molar-refractivity contribution is 5.76. The minimum absolute atomic E-state index is 0.0701. The first-order valence-corrected chi connectivity index (χ1v) is 9.71. The Balaban J connectivity index is 1.42. The van der Waals surface area contributed by atoms with E-state index in [0.29, 0.717) is 25.1 Å². The van der Waals surface area contributed by atoms with Crippen LogP contribution in [-0.4, -0.2) is 72.4 Å². The number of likely N-dealkylation sites (tertiary alicyclic amines) is 1. The van der Waals surface area contributed by atoms with Gasteiger partial charge in [-0.15, -0.1) is 0 Å². The molecule has 6 heteroatoms. The number of ether oxygens (including phenoxy) is 1. The molecule has 1 aromatic carbocycles. The summed E-state index contributed by atoms with van der Waals surface area (Å²) in [5.41, 5.74) is 1.17. The summed E-state index contributed by atoms with van der Waals surface area (Å²) in [6.07, 6.45) is 1.43. The van der Waals surface area contributed by atoms with Gasteiger partial charge in [0.05, 0.1) is 0 Å². The minimum atomic E-state index is -0.512. The van der Waals surface area contributed by atoms with Crippen molar-refractivity contribution in [1.82, 2.24) is 15.1 Å². The number of urea groups is 1. The maximum Gasteiger partial charge on any atom is 0.317 e. The molecule has 2 heterocycles. The number of rotatable bonds is 7. The molecule has 3 rings (SSSR count). The van der Waals surface area contributed by atoms with E-state index in [-0.39, 0.29) is 6.03 Å². The standard InChI is InChI=1S/C20H31N3O3/c1-15(2)18-5-3-4-6-19(18)26-14-17(24)13-22-10-7-16(8-11-22)23-12-9-21-20(23)25/h3-6,15-17,24H,7-14H2,1-2H3,(H,21,25)/t17-/m0/s1. The lowest BCUT2D eigenvalue weighted by atomic mass is 10.0. The van der Waals surface area contributed by atoms with E-state index in [1.807, 2.05) is 23.1 Å². The van der Waals surface area contributed by atoms with E-state index in [1.165, 1.54) is 5.56 Å². The lowest BCUT2D eigenvalue weighted by Gasteiger charge is -2.36. The highest BCUT2D eigenvalue weighted by Crippen LogP contribution is 2.26. The zero-order chi connectivity index (χ0) is 18.5. The SMILES string of the molecule is CC(C)c1ccccc1OC[C@@H](O)CN1CCC(N2CCNC2=O)CC1. The minimum Gasteiger partial charge on any atom is -0.491 e. The number of benzene rings is 1. The van der Waals surface area contributed by atoms with Crippen LogP contribution in [0, 0.1) is 0 Å². The lowest BCUT2D eigenvalue weighted by Crippen LogP contribution is -2.48. The maximum atomic E-state index is 11.8. The monoisotopic (exact) mass is 361 g/mol. The van der Waals surface area contributed by atoms with Gasteiger partial charge >= 0.3 is 6.03 Å². The van der Waals surface area contributed by atoms with Crippen LogP contribution in [-0.2, 0) is 0 Å². The third-order valence-corrected chi connectivity index (χ3v) is 5.33. The van der Waals surface area contributed by atoms with Gasteiger partial charge in [-0.2, -0.15) is 0 Å². The zero-order valence-electron chi connectivity index (χ0n) is 15.9. The first kappa shape index (κ1) is 19.0. The molecule has 0 aliphatic carbocycles. The maximum absolute atomic E-state index is 11.8. The number of hydrogen-bond acceptors (Lipinski definition) is 4. The summed E-state index contributed by atoms with van der Waals surface area (Å²) < 4.78 is 5.88. The normalized spacial score (nSPS) is 20.5. The van der Waals surface area contributed by atoms with Crippen LogP contribution in [0.5, 0.6) is 5.75 Å². The van der Waals surface area contributed by atoms with Gasteiger partial charge in [-0.3, -0.25) is 0 Å². The second-order valence-electron chi connectivity index (χ2n) is 7.61. The van der Waals surface area contributed by atoms with Crippen LogP contribution in [0.15, 0.2) is 24.3 Å². The number of aliphatic hydroxyl groups excluding tert-OH is 1. The van der Waals surface area contributed by atoms with Crippen LogP contribution in [0.25, 0.3) is 0 Å². The van der Waals surface area contributed by atoms with Crippen molar-refractivity contribution >= 4 is 6.03 Å². The van der Waals surface area contributed by atoms with Crippen LogP contribution < -0.4 is 10.1 Å². The summed E-state index contributed by atoms with van der Waals surface area (Å²) in [5.74, 6) is 1.26. The Bertz CT molecular complexity index is 600. The van der Waals surface area contributed by atoms with E-state index >= 15 is 0 Å². The molecule has 0 spiro atoms. The molecule has 0 saturated carbocycles. The van der Waals surface area contributed by atoms with Crippen molar-refractivity contribution in [2.24, 2.45) is 0 Å². The molecule has 6 nitrogen and oxygen atoms in total. The van der Waals surface area contributed by atoms with Gasteiger partial charge in [0.1, 0.15) is 18.5 Å². The summed E-state index contributed by atoms with van der Waals surface area (Å²) in [6, 6.07) is 8.43. The van der Waals surface area contributed by atoms with Crippen LogP contribution in [0.3, 0.4) is 0 Å². The first-order chi connectivity index (χ1) is 12.5. The number of aliphatic hydroxyl groups is 1. The first-order valence-electron chi connectivity index (χ1n) is 9.71. The van der Waals surface area contributed by atoms with Gasteiger partial charge in [0.2, 0.25) is 0 Å². The molecule has 0 aromatic heterocycles. The Hall–Kier alpha value is -1.79. The van der Waals surface area contributed by atoms with Crippen molar-refractivity contribution in [3.8, 4) is 5.75 Å². The molecular formula is C20H31N3O3. The quantitative estimate of drug-likeness (QED) is 0.780. The predicted molar refractivity (Wildman–Crippen MR) is 102 cm³/mol. The smallest absolute Gasteiger partial charge is 0.317 e. The molecule has 144 valence electrons. The van der Waals surface area contributed by atoms with E-state index in [4.69, 9.17) is 4.74 Å². The van der Waals surface area contributed by atoms with Gasteiger partial charge in [0, 0.05) is 38.8 Å². The number of carbonyl (C=O) groups excluding carboxylic acids is 1. The Morgan fingerprint density at radius 1 is 1.23 bits per heavy atom. The number of β-amino-alcohol motifs (C(OH)–C–C–N with tert-alkyl or cyclic N) is 1. The Morgan fingerprint density at radius 2 is 1.96 bits per heavy atom. The number of nitrogens with one attached hydrogen (secondary N) is 1. The molecule has 2 aliphatic heterocycles. The second-order valence-corrected chi connectivity index (χ2v) is 7.61. The Kier molecular flexibility index (Phi) is 6.38. The average molecular weight is 361 g/mol. The summed E-state index contributed by atoms with van der Waals surface area (Å²) in [6.45, 7) is 8.60. The molecule has 0 radical (unpaired) electrons. The van der Waals surface area contributed by atoms with Gasteiger partial charge in [-0.1, -0.05) is 32.0 Å². The number of carbonyl (C=O) groups is 1. The third-order valence-electron chi connectivity index (χ3n) is 5.33. The molecule has 1 atom stereocenters. The van der Waals surface area contributed by atoms with Crippen LogP contribution >= 0.6 is 0 Å². The van der Waals surface area contributed by atoms with Crippen molar-refractivity contribution in [2.45, 2.75) is 44.8 Å². The van der Waals surface area contributed by atoms with E-state index in [9.17, 15) is 9.90 Å². The van der Waals surface area contributed by atoms with E-state index in [1.54, 1.807) is 0 Å². The van der Waals surface area contributed by atoms with E-state index in [0.717, 1.165) is 44.8 Å². The second kappa shape index (κ2) is 8.73. The van der Waals surface area contributed by atoms with Crippen LogP contribution in [0.4, 0.5) is 4.79 Å². The average Bonchev–Trinajstić information content (AvgIpc) is 3.07. The van der Waals surface area contributed by atoms with Gasteiger partial charge < -0.3 is 25.0 Å². The summed E-state index contributed by atoms with van der Waals surface area (Å²) in [4.78, 5) is 16.0. The van der Waals surface area contributed by atoms with E-state index in [2.05, 4.69) is 30.1 Å². The number of nitrogens with zero attached hydrogens (tertiary/aromatic N) is 2. The van der Waals surface area contributed by atoms with Gasteiger partial charge in [-0.05, 0) is 30.4 Å². The molecule has 1 aromatic rings. The molecule has 2 N–H and O–H groups in total. The van der Waals surface area contributed by atoms with Crippen molar-refractivity contribution < 1.29 is 14.6 Å². The molecule has 2 aliphatic rings. The third kappa shape index (κ3) is 4.68. The molecule has 26 heavy (non-hydrogen) atoms. The van der Waals surface area contributed by atoms with Gasteiger partial charge in [0.25, 0.3) is 0 Å². The molecule has 0 bridgehead atoms. The molecule has 2 saturated heterocycles. The van der Waals surface area contributed by atoms with Gasteiger partial charge in [-0.25, -0.2) is 4.79 Å². The van der Waals surface area contributed by atoms with Crippen molar-refractivity contribution in [3.05, 3.63) is 29.8 Å². The largest absolute Gasteiger partial charge is 0.491 e. The summed E-state index contributed by atoms with van der Waals surface area (Å²) in [7, 11) is 0. The zero-order valence-corrected chi connectivity index (χ0v) is 15.9. The fourth-order valence-electron chi connectivity index (χ4n) is 3.87. The number of para-hydroxylation sites is 1. The molecular weight excluding hydrogens is 330 g/mol. The number of hydrogen-bond donors (Lipinski definition) is 2. The lowest BCUT2D eigenvalue weighted by molar-refractivity contribution is 0.0505. The predicted octanol–water partition coefficient (Wildman–Crippen LogP) is 2.04. The fraction of sp³-hybridized carbons (Fsp3) is 0.650. The highest BCUT2D eigenvalue weighted by atomic mass is 16.5. The van der Waals surface area contributed by atoms with Crippen LogP contribution in [0.1, 0.15) is 38.2 Å². The molecule has 2 fully saturated rings. The number of amides is 2. The van der Waals surface area contributed by atoms with Crippen molar-refractivity contribution in [3.63, 3.8) is 0 Å². The molecule has 0 unspecified atom stereocenters. The molecule has 2 amide bonds. The topological polar surface area (TPSA) is 65.0 Å². The fourth-order valence-corrected chi connectivity index (χ4v) is 3.87. The van der Waals surface area contributed by atoms with Crippen molar-refractivity contribution in [1.29, 1.82) is 0 Å². The highest BCUT2D eigenvalue weighted by Gasteiger charge is 2.31. The Labute approximate surface area is 156 Å². The van der Waals surface area contributed by atoms with Crippen molar-refractivity contribution in [2.75, 3.05) is 39.3 Å². The Morgan fingerprint density at radius 3 is 2.62 bits per heavy atom. The summed E-state index contributed by atoms with van der Waals surface area (Å²) in [5, 5.41) is 13.2. The van der Waals surface area contributed by atoms with E-state index < -0.39 is 6.10 Å². The number of piperidine rings is 1. The van der Waals surface area contributed by atoms with Crippen LogP contribution in [0.2, 0.25) is 0 Å². The van der Waals surface area contributed by atoms with Gasteiger partial charge in [0.15, 0.2) is 0 Å². The summed E-state index contributed by atoms with van der Waals surface area (Å²) >= 11 is 0.